The molecule has 0 aliphatic rings. The topological polar surface area (TPSA) is 101 Å². The Morgan fingerprint density at radius 3 is 2.00 bits per heavy atom. The van der Waals surface area contributed by atoms with Crippen molar-refractivity contribution >= 4 is 24.0 Å². The lowest BCUT2D eigenvalue weighted by molar-refractivity contribution is -0.139. The molecular formula is C20H26O6. The van der Waals surface area contributed by atoms with Crippen LogP contribution in [0, 0.1) is 0 Å². The molecule has 0 unspecified atom stereocenters. The summed E-state index contributed by atoms with van der Waals surface area (Å²) in [7, 11) is 0. The van der Waals surface area contributed by atoms with Crippen molar-refractivity contribution in [3.8, 4) is 0 Å². The Hall–Kier alpha value is -3.15. The van der Waals surface area contributed by atoms with E-state index in [-0.39, 0.29) is 11.5 Å². The number of hydrogen-bond donors (Lipinski definition) is 2. The molecule has 142 valence electrons. The van der Waals surface area contributed by atoms with Gasteiger partial charge in [0.2, 0.25) is 0 Å². The van der Waals surface area contributed by atoms with Crippen LogP contribution in [0.1, 0.15) is 31.7 Å². The number of hydrogen-bond acceptors (Lipinski definition) is 4. The fourth-order valence-electron chi connectivity index (χ4n) is 1.22. The van der Waals surface area contributed by atoms with E-state index >= 15 is 0 Å². The Kier molecular flexibility index (Phi) is 16.1. The summed E-state index contributed by atoms with van der Waals surface area (Å²) < 4.78 is 4.67. The van der Waals surface area contributed by atoms with Crippen LogP contribution in [-0.2, 0) is 19.1 Å². The molecule has 1 rings (SSSR count). The second kappa shape index (κ2) is 16.7. The van der Waals surface area contributed by atoms with E-state index in [9.17, 15) is 14.4 Å². The van der Waals surface area contributed by atoms with E-state index in [0.717, 1.165) is 12.8 Å². The largest absolute Gasteiger partial charge is 0.481 e. The molecule has 2 N–H and O–H groups in total. The molecule has 0 aliphatic carbocycles. The summed E-state index contributed by atoms with van der Waals surface area (Å²) in [6.45, 7) is 12.5. The molecule has 0 saturated heterocycles. The first-order chi connectivity index (χ1) is 12.3. The molecular weight excluding hydrogens is 336 g/mol. The summed E-state index contributed by atoms with van der Waals surface area (Å²) in [6.07, 6.45) is 4.48. The maximum Gasteiger partial charge on any atom is 0.331 e. The van der Waals surface area contributed by atoms with Crippen molar-refractivity contribution in [3.63, 3.8) is 0 Å². The molecule has 0 bridgehead atoms. The van der Waals surface area contributed by atoms with Gasteiger partial charge in [0.1, 0.15) is 0 Å². The number of esters is 1. The highest BCUT2D eigenvalue weighted by Gasteiger charge is 2.07. The van der Waals surface area contributed by atoms with Crippen LogP contribution in [0.15, 0.2) is 61.7 Å². The van der Waals surface area contributed by atoms with Gasteiger partial charge in [-0.25, -0.2) is 9.59 Å². The van der Waals surface area contributed by atoms with Crippen LogP contribution in [0.2, 0.25) is 0 Å². The van der Waals surface area contributed by atoms with Crippen molar-refractivity contribution in [2.75, 3.05) is 6.61 Å². The number of carboxylic acid groups (broad SMARTS) is 2. The molecule has 0 fully saturated rings. The average Bonchev–Trinajstić information content (AvgIpc) is 2.63. The van der Waals surface area contributed by atoms with Gasteiger partial charge < -0.3 is 14.9 Å². The van der Waals surface area contributed by atoms with Crippen molar-refractivity contribution in [2.45, 2.75) is 26.2 Å². The smallest absolute Gasteiger partial charge is 0.331 e. The molecule has 1 aromatic carbocycles. The van der Waals surface area contributed by atoms with E-state index in [1.54, 1.807) is 0 Å². The van der Waals surface area contributed by atoms with Gasteiger partial charge in [0.25, 0.3) is 0 Å². The lowest BCUT2D eigenvalue weighted by atomic mass is 10.2. The predicted molar refractivity (Wildman–Crippen MR) is 102 cm³/mol. The highest BCUT2D eigenvalue weighted by atomic mass is 16.5. The molecule has 0 aliphatic heterocycles. The zero-order chi connectivity index (χ0) is 20.4. The molecule has 0 radical (unpaired) electrons. The van der Waals surface area contributed by atoms with Crippen LogP contribution < -0.4 is 0 Å². The molecule has 0 saturated carbocycles. The van der Waals surface area contributed by atoms with E-state index in [4.69, 9.17) is 10.2 Å². The number of benzene rings is 1. The van der Waals surface area contributed by atoms with Gasteiger partial charge in [0.05, 0.1) is 13.0 Å². The first-order valence-corrected chi connectivity index (χ1v) is 7.87. The highest BCUT2D eigenvalue weighted by molar-refractivity contribution is 5.91. The molecule has 1 aromatic rings. The molecule has 0 atom stereocenters. The van der Waals surface area contributed by atoms with Crippen LogP contribution in [0.5, 0.6) is 0 Å². The van der Waals surface area contributed by atoms with Crippen LogP contribution in [0.4, 0.5) is 0 Å². The molecule has 6 nitrogen and oxygen atoms in total. The quantitative estimate of drug-likeness (QED) is 0.412. The number of carbonyl (C=O) groups is 3. The fourth-order valence-corrected chi connectivity index (χ4v) is 1.22. The lowest BCUT2D eigenvalue weighted by Gasteiger charge is -1.97. The third kappa shape index (κ3) is 17.2. The van der Waals surface area contributed by atoms with Gasteiger partial charge >= 0.3 is 17.9 Å². The van der Waals surface area contributed by atoms with Crippen LogP contribution in [0.25, 0.3) is 6.08 Å². The Labute approximate surface area is 154 Å². The third-order valence-electron chi connectivity index (χ3n) is 2.61. The van der Waals surface area contributed by atoms with Crippen molar-refractivity contribution in [1.29, 1.82) is 0 Å². The molecule has 0 heterocycles. The number of aliphatic carboxylic acids is 2. The first kappa shape index (κ1) is 25.1. The van der Waals surface area contributed by atoms with Crippen molar-refractivity contribution in [1.82, 2.24) is 0 Å². The van der Waals surface area contributed by atoms with Crippen molar-refractivity contribution in [3.05, 3.63) is 67.3 Å². The Morgan fingerprint density at radius 1 is 1.12 bits per heavy atom. The number of ether oxygens (including phenoxy) is 1. The maximum atomic E-state index is 10.3. The summed E-state index contributed by atoms with van der Waals surface area (Å²) in [5, 5.41) is 16.1. The summed E-state index contributed by atoms with van der Waals surface area (Å²) >= 11 is 0. The minimum atomic E-state index is -1.27. The normalized spacial score (nSPS) is 8.50. The lowest BCUT2D eigenvalue weighted by Crippen LogP contribution is -2.04. The van der Waals surface area contributed by atoms with Gasteiger partial charge in [0, 0.05) is 11.6 Å². The minimum absolute atomic E-state index is 0.303. The fraction of sp³-hybridized carbons (Fsp3) is 0.250. The summed E-state index contributed by atoms with van der Waals surface area (Å²) in [5.74, 6) is -2.77. The predicted octanol–water partition coefficient (Wildman–Crippen LogP) is 3.95. The minimum Gasteiger partial charge on any atom is -0.481 e. The number of rotatable bonds is 8. The summed E-state index contributed by atoms with van der Waals surface area (Å²) in [4.78, 5) is 30.0. The molecule has 26 heavy (non-hydrogen) atoms. The van der Waals surface area contributed by atoms with Crippen LogP contribution in [0.3, 0.4) is 0 Å². The van der Waals surface area contributed by atoms with Crippen LogP contribution in [-0.4, -0.2) is 34.7 Å². The molecule has 0 aromatic heterocycles. The van der Waals surface area contributed by atoms with E-state index < -0.39 is 18.4 Å². The Bertz CT molecular complexity index is 590. The van der Waals surface area contributed by atoms with Crippen molar-refractivity contribution in [2.24, 2.45) is 0 Å². The second-order valence-corrected chi connectivity index (χ2v) is 4.82. The van der Waals surface area contributed by atoms with Gasteiger partial charge in [-0.3, -0.25) is 4.79 Å². The number of unbranched alkanes of at least 4 members (excludes halogenated alkanes) is 1. The van der Waals surface area contributed by atoms with Gasteiger partial charge in [-0.15, -0.1) is 0 Å². The maximum absolute atomic E-state index is 10.3. The summed E-state index contributed by atoms with van der Waals surface area (Å²) in [5.41, 5.74) is 0.870. The van der Waals surface area contributed by atoms with Gasteiger partial charge in [-0.1, -0.05) is 69.5 Å². The standard InChI is InChI=1S/C8H8.C7H12O2.C5H6O4/c1-2-8-6-4-3-5-7-8;1-3-5-6-9-7(8)4-2;1-3(5(8)9)2-4(6)7/h2-7H,1H2;4H,2-3,5-6H2,1H3;1-2H2,(H,6,7)(H,8,9). The van der Waals surface area contributed by atoms with Crippen LogP contribution >= 0.6 is 0 Å². The Morgan fingerprint density at radius 2 is 1.69 bits per heavy atom. The second-order valence-electron chi connectivity index (χ2n) is 4.82. The zero-order valence-corrected chi connectivity index (χ0v) is 15.0. The van der Waals surface area contributed by atoms with Gasteiger partial charge in [-0.05, 0) is 12.0 Å². The van der Waals surface area contributed by atoms with E-state index in [0.29, 0.717) is 6.61 Å². The molecule has 6 heteroatoms. The highest BCUT2D eigenvalue weighted by Crippen LogP contribution is 1.97. The average molecular weight is 362 g/mol. The van der Waals surface area contributed by atoms with E-state index in [2.05, 4.69) is 24.5 Å². The number of carboxylic acids is 2. The Balaban J connectivity index is 0. The van der Waals surface area contributed by atoms with Gasteiger partial charge in [-0.2, -0.15) is 0 Å². The zero-order valence-electron chi connectivity index (χ0n) is 15.0. The van der Waals surface area contributed by atoms with Gasteiger partial charge in [0.15, 0.2) is 0 Å². The van der Waals surface area contributed by atoms with E-state index in [1.807, 2.05) is 43.3 Å². The molecule has 0 amide bonds. The van der Waals surface area contributed by atoms with Crippen molar-refractivity contribution < 1.29 is 29.3 Å². The molecule has 0 spiro atoms. The SMILES string of the molecule is C=C(CC(=O)O)C(=O)O.C=CC(=O)OCCCC.C=Cc1ccccc1. The van der Waals surface area contributed by atoms with E-state index in [1.165, 1.54) is 11.6 Å². The first-order valence-electron chi connectivity index (χ1n) is 7.87. The summed E-state index contributed by atoms with van der Waals surface area (Å²) in [6, 6.07) is 10.0. The monoisotopic (exact) mass is 362 g/mol. The number of carbonyl (C=O) groups excluding carboxylic acids is 1. The third-order valence-corrected chi connectivity index (χ3v) is 2.61.